The summed E-state index contributed by atoms with van der Waals surface area (Å²) in [6.07, 6.45) is -3.11. The Morgan fingerprint density at radius 3 is 2.47 bits per heavy atom. The van der Waals surface area contributed by atoms with Crippen LogP contribution in [-0.2, 0) is 4.79 Å². The van der Waals surface area contributed by atoms with Crippen LogP contribution in [0.25, 0.3) is 0 Å². The zero-order valence-electron chi connectivity index (χ0n) is 11.2. The first-order chi connectivity index (χ1) is 8.27. The zero-order valence-corrected chi connectivity index (χ0v) is 12.1. The van der Waals surface area contributed by atoms with Crippen molar-refractivity contribution in [1.29, 1.82) is 0 Å². The maximum Gasteiger partial charge on any atom is 0.391 e. The van der Waals surface area contributed by atoms with E-state index in [1.54, 1.807) is 14.0 Å². The van der Waals surface area contributed by atoms with Crippen LogP contribution in [0.4, 0.5) is 13.2 Å². The van der Waals surface area contributed by atoms with Crippen LogP contribution in [0, 0.1) is 11.8 Å². The highest BCUT2D eigenvalue weighted by Crippen LogP contribution is 2.40. The fraction of sp³-hybridized carbons (Fsp3) is 0.917. The maximum atomic E-state index is 12.7. The molecule has 0 spiro atoms. The number of hydrogen-bond acceptors (Lipinski definition) is 2. The number of carbonyl (C=O) groups excluding carboxylic acids is 1. The van der Waals surface area contributed by atoms with Gasteiger partial charge in [0.2, 0.25) is 5.91 Å². The van der Waals surface area contributed by atoms with Gasteiger partial charge in [0.25, 0.3) is 0 Å². The van der Waals surface area contributed by atoms with E-state index in [-0.39, 0.29) is 37.2 Å². The molecule has 0 radical (unpaired) electrons. The van der Waals surface area contributed by atoms with E-state index in [0.29, 0.717) is 19.4 Å². The molecule has 0 aliphatic heterocycles. The molecular weight excluding hydrogens is 281 g/mol. The lowest BCUT2D eigenvalue weighted by atomic mass is 9.80. The molecule has 0 heterocycles. The van der Waals surface area contributed by atoms with Crippen molar-refractivity contribution in [3.05, 3.63) is 0 Å². The molecule has 0 aromatic heterocycles. The minimum atomic E-state index is -4.18. The fourth-order valence-corrected chi connectivity index (χ4v) is 2.37. The number of carbonyl (C=O) groups is 1. The Bertz CT molecular complexity index is 299. The Kier molecular flexibility index (Phi) is 7.15. The number of rotatable bonds is 3. The van der Waals surface area contributed by atoms with Crippen molar-refractivity contribution in [2.24, 2.45) is 17.6 Å². The van der Waals surface area contributed by atoms with E-state index in [1.807, 2.05) is 0 Å². The molecule has 1 aliphatic carbocycles. The Labute approximate surface area is 118 Å². The van der Waals surface area contributed by atoms with Gasteiger partial charge in [-0.15, -0.1) is 12.4 Å². The molecule has 0 saturated heterocycles. The average Bonchev–Trinajstić information content (AvgIpc) is 2.35. The Morgan fingerprint density at radius 2 is 2.00 bits per heavy atom. The number of alkyl halides is 3. The van der Waals surface area contributed by atoms with E-state index in [2.05, 4.69) is 0 Å². The quantitative estimate of drug-likeness (QED) is 0.871. The number of amides is 1. The number of nitrogens with zero attached hydrogens (tertiary/aromatic N) is 1. The van der Waals surface area contributed by atoms with Crippen molar-refractivity contribution in [3.63, 3.8) is 0 Å². The van der Waals surface area contributed by atoms with Crippen LogP contribution in [0.3, 0.4) is 0 Å². The van der Waals surface area contributed by atoms with Gasteiger partial charge in [-0.25, -0.2) is 0 Å². The van der Waals surface area contributed by atoms with Crippen LogP contribution < -0.4 is 5.73 Å². The predicted octanol–water partition coefficient (Wildman–Crippen LogP) is 2.58. The molecule has 2 N–H and O–H groups in total. The molecule has 0 bridgehead atoms. The van der Waals surface area contributed by atoms with Gasteiger partial charge in [0.15, 0.2) is 0 Å². The molecule has 1 aliphatic rings. The average molecular weight is 303 g/mol. The van der Waals surface area contributed by atoms with Crippen LogP contribution >= 0.6 is 12.4 Å². The van der Waals surface area contributed by atoms with Crippen LogP contribution in [0.1, 0.15) is 32.6 Å². The molecule has 3 atom stereocenters. The third-order valence-electron chi connectivity index (χ3n) is 3.84. The third-order valence-corrected chi connectivity index (χ3v) is 3.84. The Balaban J connectivity index is 0.00000324. The van der Waals surface area contributed by atoms with Gasteiger partial charge >= 0.3 is 6.18 Å². The summed E-state index contributed by atoms with van der Waals surface area (Å²) in [5.74, 6) is -2.05. The highest BCUT2D eigenvalue weighted by atomic mass is 35.5. The molecule has 1 fully saturated rings. The summed E-state index contributed by atoms with van der Waals surface area (Å²) in [5.41, 5.74) is 5.46. The number of hydrogen-bond donors (Lipinski definition) is 1. The van der Waals surface area contributed by atoms with Gasteiger partial charge in [-0.05, 0) is 26.2 Å². The number of nitrogens with two attached hydrogens (primary N) is 1. The molecule has 1 amide bonds. The maximum absolute atomic E-state index is 12.7. The molecule has 7 heteroatoms. The second-order valence-corrected chi connectivity index (χ2v) is 5.14. The fourth-order valence-electron chi connectivity index (χ4n) is 2.37. The van der Waals surface area contributed by atoms with E-state index >= 15 is 0 Å². The smallest absolute Gasteiger partial charge is 0.342 e. The van der Waals surface area contributed by atoms with E-state index in [9.17, 15) is 18.0 Å². The molecule has 3 nitrogen and oxygen atoms in total. The summed E-state index contributed by atoms with van der Waals surface area (Å²) in [4.78, 5) is 13.5. The van der Waals surface area contributed by atoms with E-state index in [1.165, 1.54) is 4.90 Å². The highest BCUT2D eigenvalue weighted by molar-refractivity contribution is 5.85. The van der Waals surface area contributed by atoms with Gasteiger partial charge in [-0.2, -0.15) is 13.2 Å². The molecule has 1 saturated carbocycles. The largest absolute Gasteiger partial charge is 0.391 e. The highest BCUT2D eigenvalue weighted by Gasteiger charge is 2.44. The van der Waals surface area contributed by atoms with Crippen LogP contribution in [0.15, 0.2) is 0 Å². The zero-order chi connectivity index (χ0) is 13.9. The topological polar surface area (TPSA) is 46.3 Å². The van der Waals surface area contributed by atoms with Gasteiger partial charge in [-0.3, -0.25) is 4.79 Å². The first-order valence-corrected chi connectivity index (χ1v) is 6.30. The molecular formula is C12H22ClF3N2O. The second-order valence-electron chi connectivity index (χ2n) is 5.14. The molecule has 3 unspecified atom stereocenters. The molecule has 114 valence electrons. The first kappa shape index (κ1) is 18.5. The van der Waals surface area contributed by atoms with Gasteiger partial charge in [0.05, 0.1) is 5.92 Å². The van der Waals surface area contributed by atoms with Crippen molar-refractivity contribution in [3.8, 4) is 0 Å². The normalized spacial score (nSPS) is 25.4. The van der Waals surface area contributed by atoms with Crippen LogP contribution in [0.5, 0.6) is 0 Å². The van der Waals surface area contributed by atoms with Crippen LogP contribution in [-0.4, -0.2) is 36.6 Å². The molecule has 0 aromatic carbocycles. The lowest BCUT2D eigenvalue weighted by Crippen LogP contribution is -2.44. The van der Waals surface area contributed by atoms with E-state index in [4.69, 9.17) is 5.73 Å². The Morgan fingerprint density at radius 1 is 1.42 bits per heavy atom. The van der Waals surface area contributed by atoms with Crippen molar-refractivity contribution >= 4 is 18.3 Å². The second kappa shape index (κ2) is 7.33. The molecule has 0 aromatic rings. The summed E-state index contributed by atoms with van der Waals surface area (Å²) in [6, 6.07) is -0.135. The summed E-state index contributed by atoms with van der Waals surface area (Å²) >= 11 is 0. The SMILES string of the molecule is CC(CN)N(C)C(=O)C1CCCC(C(F)(F)F)C1.Cl. The van der Waals surface area contributed by atoms with Crippen molar-refractivity contribution in [2.75, 3.05) is 13.6 Å². The van der Waals surface area contributed by atoms with Crippen molar-refractivity contribution in [2.45, 2.75) is 44.8 Å². The van der Waals surface area contributed by atoms with Crippen molar-refractivity contribution < 1.29 is 18.0 Å². The minimum absolute atomic E-state index is 0. The monoisotopic (exact) mass is 302 g/mol. The van der Waals surface area contributed by atoms with Gasteiger partial charge in [0.1, 0.15) is 0 Å². The number of halogens is 4. The summed E-state index contributed by atoms with van der Waals surface area (Å²) < 4.78 is 38.0. The van der Waals surface area contributed by atoms with E-state index in [0.717, 1.165) is 0 Å². The van der Waals surface area contributed by atoms with Gasteiger partial charge < -0.3 is 10.6 Å². The van der Waals surface area contributed by atoms with E-state index < -0.39 is 18.0 Å². The lowest BCUT2D eigenvalue weighted by molar-refractivity contribution is -0.187. The first-order valence-electron chi connectivity index (χ1n) is 6.30. The number of likely N-dealkylation sites (N-methyl/N-ethyl adjacent to an activating group) is 1. The van der Waals surface area contributed by atoms with Gasteiger partial charge in [-0.1, -0.05) is 6.42 Å². The summed E-state index contributed by atoms with van der Waals surface area (Å²) in [6.45, 7) is 2.11. The van der Waals surface area contributed by atoms with Crippen LogP contribution in [0.2, 0.25) is 0 Å². The van der Waals surface area contributed by atoms with Gasteiger partial charge in [0, 0.05) is 25.6 Å². The standard InChI is InChI=1S/C12H21F3N2O.ClH/c1-8(7-16)17(2)11(18)9-4-3-5-10(6-9)12(13,14)15;/h8-10H,3-7,16H2,1-2H3;1H. The summed E-state index contributed by atoms with van der Waals surface area (Å²) in [7, 11) is 1.61. The van der Waals surface area contributed by atoms with Crippen molar-refractivity contribution in [1.82, 2.24) is 4.90 Å². The lowest BCUT2D eigenvalue weighted by Gasteiger charge is -2.34. The minimum Gasteiger partial charge on any atom is -0.342 e. The molecule has 1 rings (SSSR count). The summed E-state index contributed by atoms with van der Waals surface area (Å²) in [5, 5.41) is 0. The third kappa shape index (κ3) is 4.84. The Hall–Kier alpha value is -0.490. The molecule has 19 heavy (non-hydrogen) atoms. The predicted molar refractivity (Wildman–Crippen MR) is 70.0 cm³/mol.